The fourth-order valence-corrected chi connectivity index (χ4v) is 2.35. The van der Waals surface area contributed by atoms with E-state index in [-0.39, 0.29) is 6.42 Å². The number of carboxylic acid groups (broad SMARTS) is 1. The second kappa shape index (κ2) is 5.60. The summed E-state index contributed by atoms with van der Waals surface area (Å²) < 4.78 is 0. The molecule has 0 saturated carbocycles. The van der Waals surface area contributed by atoms with E-state index in [2.05, 4.69) is 0 Å². The monoisotopic (exact) mass is 277 g/mol. The molecule has 1 heterocycles. The van der Waals surface area contributed by atoms with Crippen molar-refractivity contribution < 1.29 is 19.5 Å². The van der Waals surface area contributed by atoms with Gasteiger partial charge in [-0.1, -0.05) is 18.2 Å². The first-order valence-corrected chi connectivity index (χ1v) is 6.15. The van der Waals surface area contributed by atoms with Gasteiger partial charge in [0, 0.05) is 25.2 Å². The van der Waals surface area contributed by atoms with Gasteiger partial charge in [-0.05, 0) is 11.6 Å². The lowest BCUT2D eigenvalue weighted by molar-refractivity contribution is -0.138. The highest BCUT2D eigenvalue weighted by atomic mass is 16.4. The number of benzene rings is 1. The predicted molar refractivity (Wildman–Crippen MR) is 71.4 cm³/mol. The van der Waals surface area contributed by atoms with Gasteiger partial charge in [0.15, 0.2) is 0 Å². The van der Waals surface area contributed by atoms with Gasteiger partial charge in [0.2, 0.25) is 5.91 Å². The minimum atomic E-state index is -0.889. The van der Waals surface area contributed by atoms with E-state index in [0.29, 0.717) is 13.1 Å². The molecule has 0 aromatic heterocycles. The molecule has 1 aromatic rings. The second-order valence-electron chi connectivity index (χ2n) is 4.56. The summed E-state index contributed by atoms with van der Waals surface area (Å²) in [6.07, 6.45) is 0.0730. The van der Waals surface area contributed by atoms with Crippen molar-refractivity contribution in [3.05, 3.63) is 29.8 Å². The molecule has 0 aliphatic carbocycles. The number of carboxylic acids is 1. The zero-order valence-corrected chi connectivity index (χ0v) is 10.7. The van der Waals surface area contributed by atoms with Crippen LogP contribution < -0.4 is 16.0 Å². The number of primary amides is 1. The van der Waals surface area contributed by atoms with E-state index >= 15 is 0 Å². The molecule has 3 amide bonds. The first-order chi connectivity index (χ1) is 9.49. The smallest absolute Gasteiger partial charge is 0.318 e. The Morgan fingerprint density at radius 2 is 2.05 bits per heavy atom. The van der Waals surface area contributed by atoms with Crippen LogP contribution in [0.2, 0.25) is 0 Å². The molecule has 1 aliphatic heterocycles. The number of amides is 3. The number of nitrogens with one attached hydrogen (secondary N) is 1. The van der Waals surface area contributed by atoms with E-state index in [1.165, 1.54) is 0 Å². The Labute approximate surface area is 115 Å². The van der Waals surface area contributed by atoms with Gasteiger partial charge >= 0.3 is 12.0 Å². The molecular formula is C13H15N3O4. The number of aliphatic carboxylic acids is 1. The topological polar surface area (TPSA) is 113 Å². The van der Waals surface area contributed by atoms with Crippen LogP contribution >= 0.6 is 0 Å². The zero-order chi connectivity index (χ0) is 14.7. The lowest BCUT2D eigenvalue weighted by Crippen LogP contribution is -2.37. The van der Waals surface area contributed by atoms with Crippen molar-refractivity contribution in [1.29, 1.82) is 0 Å². The highest BCUT2D eigenvalue weighted by Gasteiger charge is 2.33. The van der Waals surface area contributed by atoms with Crippen molar-refractivity contribution in [3.63, 3.8) is 0 Å². The van der Waals surface area contributed by atoms with Gasteiger partial charge in [0.1, 0.15) is 5.92 Å². The number of rotatable bonds is 4. The van der Waals surface area contributed by atoms with Gasteiger partial charge in [-0.25, -0.2) is 4.79 Å². The third kappa shape index (κ3) is 2.87. The molecule has 2 rings (SSSR count). The average molecular weight is 277 g/mol. The molecule has 7 nitrogen and oxygen atoms in total. The number of urea groups is 1. The number of hydrogen-bond acceptors (Lipinski definition) is 4. The van der Waals surface area contributed by atoms with E-state index in [4.69, 9.17) is 5.73 Å². The SMILES string of the molecule is NC(=O)NC(=O)CCN1CC(C(=O)O)c2ccccc21. The average Bonchev–Trinajstić information content (AvgIpc) is 2.75. The number of hydrogen-bond donors (Lipinski definition) is 3. The largest absolute Gasteiger partial charge is 0.481 e. The van der Waals surface area contributed by atoms with Crippen LogP contribution in [0.5, 0.6) is 0 Å². The van der Waals surface area contributed by atoms with Crippen LogP contribution in [-0.4, -0.2) is 36.1 Å². The number of carbonyl (C=O) groups excluding carboxylic acids is 2. The zero-order valence-electron chi connectivity index (χ0n) is 10.7. The molecule has 4 N–H and O–H groups in total. The standard InChI is InChI=1S/C13H15N3O4/c14-13(20)15-11(17)5-6-16-7-9(12(18)19)8-3-1-2-4-10(8)16/h1-4,9H,5-7H2,(H,18,19)(H3,14,15,17,20). The van der Waals surface area contributed by atoms with Crippen molar-refractivity contribution >= 4 is 23.6 Å². The predicted octanol–water partition coefficient (Wildman–Crippen LogP) is 0.260. The van der Waals surface area contributed by atoms with Crippen molar-refractivity contribution in [2.24, 2.45) is 5.73 Å². The third-order valence-electron chi connectivity index (χ3n) is 3.23. The molecular weight excluding hydrogens is 262 g/mol. The van der Waals surface area contributed by atoms with Gasteiger partial charge in [0.25, 0.3) is 0 Å². The fourth-order valence-electron chi connectivity index (χ4n) is 2.35. The Bertz CT molecular complexity index is 558. The molecule has 7 heteroatoms. The lowest BCUT2D eigenvalue weighted by atomic mass is 10.0. The van der Waals surface area contributed by atoms with Crippen molar-refractivity contribution in [1.82, 2.24) is 5.32 Å². The number of anilines is 1. The van der Waals surface area contributed by atoms with Crippen LogP contribution in [0.1, 0.15) is 17.9 Å². The summed E-state index contributed by atoms with van der Waals surface area (Å²) in [4.78, 5) is 35.0. The molecule has 1 aliphatic rings. The van der Waals surface area contributed by atoms with E-state index in [1.807, 2.05) is 22.3 Å². The van der Waals surface area contributed by atoms with Crippen molar-refractivity contribution in [3.8, 4) is 0 Å². The van der Waals surface area contributed by atoms with Crippen molar-refractivity contribution in [2.75, 3.05) is 18.0 Å². The summed E-state index contributed by atoms with van der Waals surface area (Å²) in [6, 6.07) is 6.32. The number of carbonyl (C=O) groups is 3. The fraction of sp³-hybridized carbons (Fsp3) is 0.308. The minimum absolute atomic E-state index is 0.0730. The number of para-hydroxylation sites is 1. The van der Waals surface area contributed by atoms with Gasteiger partial charge in [-0.3, -0.25) is 14.9 Å². The highest BCUT2D eigenvalue weighted by Crippen LogP contribution is 2.36. The molecule has 0 bridgehead atoms. The maximum absolute atomic E-state index is 11.4. The van der Waals surface area contributed by atoms with E-state index in [1.54, 1.807) is 12.1 Å². The quantitative estimate of drug-likeness (QED) is 0.730. The van der Waals surface area contributed by atoms with Crippen LogP contribution in [0, 0.1) is 0 Å². The number of nitrogens with two attached hydrogens (primary N) is 1. The number of fused-ring (bicyclic) bond motifs is 1. The molecule has 1 atom stereocenters. The van der Waals surface area contributed by atoms with Gasteiger partial charge in [-0.15, -0.1) is 0 Å². The summed E-state index contributed by atoms with van der Waals surface area (Å²) >= 11 is 0. The lowest BCUT2D eigenvalue weighted by Gasteiger charge is -2.18. The number of nitrogens with zero attached hydrogens (tertiary/aromatic N) is 1. The Hall–Kier alpha value is -2.57. The molecule has 1 aromatic carbocycles. The molecule has 0 fully saturated rings. The molecule has 1 unspecified atom stereocenters. The first kappa shape index (κ1) is 13.9. The Kier molecular flexibility index (Phi) is 3.88. The summed E-state index contributed by atoms with van der Waals surface area (Å²) in [5.74, 6) is -1.96. The highest BCUT2D eigenvalue weighted by molar-refractivity contribution is 5.93. The van der Waals surface area contributed by atoms with Crippen molar-refractivity contribution in [2.45, 2.75) is 12.3 Å². The van der Waals surface area contributed by atoms with Gasteiger partial charge in [-0.2, -0.15) is 0 Å². The molecule has 0 radical (unpaired) electrons. The Morgan fingerprint density at radius 3 is 2.70 bits per heavy atom. The van der Waals surface area contributed by atoms with E-state index in [0.717, 1.165) is 11.3 Å². The van der Waals surface area contributed by atoms with Crippen LogP contribution in [-0.2, 0) is 9.59 Å². The number of imide groups is 1. The van der Waals surface area contributed by atoms with Crippen LogP contribution in [0.3, 0.4) is 0 Å². The minimum Gasteiger partial charge on any atom is -0.481 e. The summed E-state index contributed by atoms with van der Waals surface area (Å²) in [5.41, 5.74) is 6.41. The maximum atomic E-state index is 11.4. The summed E-state index contributed by atoms with van der Waals surface area (Å²) in [6.45, 7) is 0.651. The van der Waals surface area contributed by atoms with Crippen LogP contribution in [0.4, 0.5) is 10.5 Å². The maximum Gasteiger partial charge on any atom is 0.318 e. The third-order valence-corrected chi connectivity index (χ3v) is 3.23. The van der Waals surface area contributed by atoms with Crippen LogP contribution in [0.25, 0.3) is 0 Å². The Morgan fingerprint density at radius 1 is 1.35 bits per heavy atom. The molecule has 106 valence electrons. The molecule has 0 spiro atoms. The summed E-state index contributed by atoms with van der Waals surface area (Å²) in [5, 5.41) is 11.2. The van der Waals surface area contributed by atoms with E-state index in [9.17, 15) is 19.5 Å². The van der Waals surface area contributed by atoms with Gasteiger partial charge < -0.3 is 15.7 Å². The van der Waals surface area contributed by atoms with Crippen LogP contribution in [0.15, 0.2) is 24.3 Å². The second-order valence-corrected chi connectivity index (χ2v) is 4.56. The van der Waals surface area contributed by atoms with Gasteiger partial charge in [0.05, 0.1) is 0 Å². The Balaban J connectivity index is 2.06. The summed E-state index contributed by atoms with van der Waals surface area (Å²) in [7, 11) is 0. The molecule has 0 saturated heterocycles. The normalized spacial score (nSPS) is 16.6. The van der Waals surface area contributed by atoms with E-state index < -0.39 is 23.8 Å². The first-order valence-electron chi connectivity index (χ1n) is 6.15. The molecule has 20 heavy (non-hydrogen) atoms.